The van der Waals surface area contributed by atoms with Crippen LogP contribution in [-0.2, 0) is 5.41 Å². The summed E-state index contributed by atoms with van der Waals surface area (Å²) in [6.07, 6.45) is 4.11. The molecule has 0 unspecified atom stereocenters. The molecule has 0 spiro atoms. The van der Waals surface area contributed by atoms with Gasteiger partial charge in [0.15, 0.2) is 0 Å². The maximum Gasteiger partial charge on any atom is 0.118 e. The highest BCUT2D eigenvalue weighted by Gasteiger charge is 2.28. The van der Waals surface area contributed by atoms with E-state index in [-0.39, 0.29) is 11.0 Å². The van der Waals surface area contributed by atoms with E-state index in [2.05, 4.69) is 101 Å². The van der Waals surface area contributed by atoms with Crippen molar-refractivity contribution in [3.05, 3.63) is 90.5 Å². The zero-order chi connectivity index (χ0) is 32.9. The molecule has 5 aromatic rings. The van der Waals surface area contributed by atoms with Crippen molar-refractivity contribution >= 4 is 28.1 Å². The Labute approximate surface area is 274 Å². The van der Waals surface area contributed by atoms with Gasteiger partial charge in [-0.1, -0.05) is 40.7 Å². The molecule has 0 saturated carbocycles. The Morgan fingerprint density at radius 1 is 0.565 bits per heavy atom. The molecular weight excluding hydrogens is 568 g/mol. The van der Waals surface area contributed by atoms with E-state index in [1.807, 2.05) is 36.4 Å². The van der Waals surface area contributed by atoms with Crippen molar-refractivity contribution < 1.29 is 9.47 Å². The molecule has 0 aliphatic rings. The van der Waals surface area contributed by atoms with Crippen LogP contribution in [0.5, 0.6) is 11.5 Å². The largest absolute Gasteiger partial charge is 0.497 e. The van der Waals surface area contributed by atoms with Crippen molar-refractivity contribution in [2.75, 3.05) is 24.9 Å². The van der Waals surface area contributed by atoms with Crippen LogP contribution in [0.15, 0.2) is 84.9 Å². The van der Waals surface area contributed by atoms with Crippen LogP contribution in [0.2, 0.25) is 0 Å². The summed E-state index contributed by atoms with van der Waals surface area (Å²) in [5.74, 6) is 1.60. The smallest absolute Gasteiger partial charge is 0.118 e. The zero-order valence-corrected chi connectivity index (χ0v) is 28.6. The van der Waals surface area contributed by atoms with Gasteiger partial charge in [0.1, 0.15) is 17.0 Å². The van der Waals surface area contributed by atoms with Crippen molar-refractivity contribution in [3.63, 3.8) is 0 Å². The first-order valence-electron chi connectivity index (χ1n) is 16.5. The minimum absolute atomic E-state index is 0.0528. The van der Waals surface area contributed by atoms with Gasteiger partial charge in [-0.25, -0.2) is 9.97 Å². The maximum atomic E-state index is 5.47. The van der Waals surface area contributed by atoms with Crippen molar-refractivity contribution in [2.24, 2.45) is 0 Å². The lowest BCUT2D eigenvalue weighted by molar-refractivity contribution is 0.414. The second-order valence-corrected chi connectivity index (χ2v) is 12.6. The van der Waals surface area contributed by atoms with Gasteiger partial charge in [0, 0.05) is 28.0 Å². The van der Waals surface area contributed by atoms with E-state index >= 15 is 0 Å². The minimum Gasteiger partial charge on any atom is -0.497 e. The van der Waals surface area contributed by atoms with Gasteiger partial charge in [0.2, 0.25) is 0 Å². The van der Waals surface area contributed by atoms with Gasteiger partial charge in [0.25, 0.3) is 0 Å². The fourth-order valence-electron chi connectivity index (χ4n) is 5.82. The Morgan fingerprint density at radius 2 is 1.04 bits per heavy atom. The molecule has 2 N–H and O–H groups in total. The van der Waals surface area contributed by atoms with E-state index in [0.717, 1.165) is 87.8 Å². The van der Waals surface area contributed by atoms with Gasteiger partial charge in [0.05, 0.1) is 36.8 Å². The highest BCUT2D eigenvalue weighted by molar-refractivity contribution is 5.96. The molecule has 4 aromatic carbocycles. The van der Waals surface area contributed by atoms with Crippen LogP contribution in [0.4, 0.5) is 17.1 Å². The van der Waals surface area contributed by atoms with Crippen LogP contribution < -0.4 is 20.1 Å². The molecule has 0 saturated heterocycles. The van der Waals surface area contributed by atoms with Gasteiger partial charge >= 0.3 is 0 Å². The normalized spacial score (nSPS) is 11.8. The number of anilines is 3. The highest BCUT2D eigenvalue weighted by atomic mass is 16.5. The molecule has 240 valence electrons. The molecule has 0 aliphatic carbocycles. The Kier molecular flexibility index (Phi) is 9.85. The van der Waals surface area contributed by atoms with E-state index in [1.165, 1.54) is 5.56 Å². The number of ether oxygens (including phenoxy) is 2. The van der Waals surface area contributed by atoms with Gasteiger partial charge in [-0.15, -0.1) is 0 Å². The average molecular weight is 617 g/mol. The molecule has 6 heteroatoms. The topological polar surface area (TPSA) is 68.3 Å². The lowest BCUT2D eigenvalue weighted by atomic mass is 9.77. The van der Waals surface area contributed by atoms with Crippen LogP contribution in [0, 0.1) is 0 Å². The van der Waals surface area contributed by atoms with E-state index in [0.29, 0.717) is 0 Å². The molecule has 1 aromatic heterocycles. The number of methoxy groups -OCH3 is 2. The van der Waals surface area contributed by atoms with E-state index in [4.69, 9.17) is 19.4 Å². The average Bonchev–Trinajstić information content (AvgIpc) is 3.11. The number of fused-ring (bicyclic) bond motifs is 1. The van der Waals surface area contributed by atoms with Crippen molar-refractivity contribution in [3.8, 4) is 34.0 Å². The molecule has 0 amide bonds. The molecule has 0 radical (unpaired) electrons. The molecular formula is C40H48N4O2. The molecule has 0 fully saturated rings. The SMILES string of the molecule is CCC(C)(CC)Nc1ccc(Nc2ccc(C(C)(CC)CC)c3nc(-c4ccc(OC)cc4)c(-c4ccc(OC)cc4)nc23)cc1. The summed E-state index contributed by atoms with van der Waals surface area (Å²) in [4.78, 5) is 10.9. The van der Waals surface area contributed by atoms with Crippen molar-refractivity contribution in [1.82, 2.24) is 9.97 Å². The van der Waals surface area contributed by atoms with E-state index < -0.39 is 0 Å². The number of hydrogen-bond donors (Lipinski definition) is 2. The highest BCUT2D eigenvalue weighted by Crippen LogP contribution is 2.41. The lowest BCUT2D eigenvalue weighted by Gasteiger charge is -2.30. The number of aromatic nitrogens is 2. The fraction of sp³-hybridized carbons (Fsp3) is 0.350. The number of benzene rings is 4. The lowest BCUT2D eigenvalue weighted by Crippen LogP contribution is -2.32. The third-order valence-electron chi connectivity index (χ3n) is 9.93. The predicted octanol–water partition coefficient (Wildman–Crippen LogP) is 10.8. The minimum atomic E-state index is -0.0528. The van der Waals surface area contributed by atoms with Crippen LogP contribution in [0.1, 0.15) is 72.8 Å². The molecule has 46 heavy (non-hydrogen) atoms. The van der Waals surface area contributed by atoms with Gasteiger partial charge < -0.3 is 20.1 Å². The van der Waals surface area contributed by atoms with E-state index in [9.17, 15) is 0 Å². The number of nitrogens with one attached hydrogen (secondary N) is 2. The monoisotopic (exact) mass is 616 g/mol. The molecule has 5 rings (SSSR count). The summed E-state index contributed by atoms with van der Waals surface area (Å²) in [6, 6.07) is 29.0. The summed E-state index contributed by atoms with van der Waals surface area (Å²) < 4.78 is 10.9. The third-order valence-corrected chi connectivity index (χ3v) is 9.93. The van der Waals surface area contributed by atoms with Crippen LogP contribution in [0.3, 0.4) is 0 Å². The van der Waals surface area contributed by atoms with Crippen molar-refractivity contribution in [2.45, 2.75) is 78.2 Å². The van der Waals surface area contributed by atoms with Crippen LogP contribution in [-0.4, -0.2) is 29.7 Å². The first-order chi connectivity index (χ1) is 22.2. The summed E-state index contributed by atoms with van der Waals surface area (Å²) in [5.41, 5.74) is 9.62. The second-order valence-electron chi connectivity index (χ2n) is 12.6. The molecule has 0 aliphatic heterocycles. The van der Waals surface area contributed by atoms with Gasteiger partial charge in [-0.05, 0) is 122 Å². The molecule has 0 atom stereocenters. The summed E-state index contributed by atoms with van der Waals surface area (Å²) in [6.45, 7) is 13.6. The summed E-state index contributed by atoms with van der Waals surface area (Å²) in [5, 5.41) is 7.39. The fourth-order valence-corrected chi connectivity index (χ4v) is 5.82. The van der Waals surface area contributed by atoms with Crippen LogP contribution in [0.25, 0.3) is 33.5 Å². The maximum absolute atomic E-state index is 5.47. The standard InChI is InChI=1S/C40H48N4O2/c1-9-39(5,10-2)33-25-26-34(41-29-17-19-30(20-18-29)44-40(6,11-3)12-4)38-37(33)42-35(27-13-21-31(45-7)22-14-27)36(43-38)28-15-23-32(46-8)24-16-28/h13-26,41,44H,9-12H2,1-8H3. The number of hydrogen-bond acceptors (Lipinski definition) is 6. The Morgan fingerprint density at radius 3 is 1.50 bits per heavy atom. The first kappa shape index (κ1) is 32.8. The second kappa shape index (κ2) is 13.8. The first-order valence-corrected chi connectivity index (χ1v) is 16.5. The van der Waals surface area contributed by atoms with Gasteiger partial charge in [-0.2, -0.15) is 0 Å². The molecule has 0 bridgehead atoms. The molecule has 1 heterocycles. The van der Waals surface area contributed by atoms with Crippen LogP contribution >= 0.6 is 0 Å². The Bertz CT molecular complexity index is 1760. The molecule has 6 nitrogen and oxygen atoms in total. The summed E-state index contributed by atoms with van der Waals surface area (Å²) >= 11 is 0. The summed E-state index contributed by atoms with van der Waals surface area (Å²) in [7, 11) is 3.36. The third kappa shape index (κ3) is 6.67. The quantitative estimate of drug-likeness (QED) is 0.137. The number of rotatable bonds is 13. The predicted molar refractivity (Wildman–Crippen MR) is 194 cm³/mol. The van der Waals surface area contributed by atoms with E-state index in [1.54, 1.807) is 14.2 Å². The van der Waals surface area contributed by atoms with Crippen molar-refractivity contribution in [1.29, 1.82) is 0 Å². The zero-order valence-electron chi connectivity index (χ0n) is 28.6. The Balaban J connectivity index is 1.70. The Hall–Kier alpha value is -4.58. The van der Waals surface area contributed by atoms with Gasteiger partial charge in [-0.3, -0.25) is 0 Å². The number of nitrogens with zero attached hydrogens (tertiary/aromatic N) is 2.